The van der Waals surface area contributed by atoms with Gasteiger partial charge in [0, 0.05) is 29.8 Å². The Morgan fingerprint density at radius 3 is 2.72 bits per heavy atom. The summed E-state index contributed by atoms with van der Waals surface area (Å²) >= 11 is 0. The maximum atomic E-state index is 12.8. The van der Waals surface area contributed by atoms with E-state index in [-0.39, 0.29) is 24.4 Å². The largest absolute Gasteiger partial charge is 0.496 e. The number of primary amides is 1. The Morgan fingerprint density at radius 2 is 2.09 bits per heavy atom. The Bertz CT molecular complexity index is 1090. The number of fused-ring (bicyclic) bond motifs is 1. The zero-order valence-electron chi connectivity index (χ0n) is 17.6. The van der Waals surface area contributed by atoms with Gasteiger partial charge >= 0.3 is 0 Å². The molecule has 1 fully saturated rings. The lowest BCUT2D eigenvalue weighted by Gasteiger charge is -2.22. The van der Waals surface area contributed by atoms with E-state index in [1.807, 2.05) is 0 Å². The summed E-state index contributed by atoms with van der Waals surface area (Å²) in [7, 11) is 1.53. The molecule has 1 aromatic carbocycles. The summed E-state index contributed by atoms with van der Waals surface area (Å²) in [5.41, 5.74) is 6.32. The maximum absolute atomic E-state index is 12.8. The normalized spacial score (nSPS) is 17.1. The number of carbonyl (C=O) groups excluding carboxylic acids is 4. The molecule has 2 aromatic rings. The van der Waals surface area contributed by atoms with Gasteiger partial charge in [-0.1, -0.05) is 6.07 Å². The van der Waals surface area contributed by atoms with Gasteiger partial charge in [-0.3, -0.25) is 19.2 Å². The van der Waals surface area contributed by atoms with Gasteiger partial charge in [-0.25, -0.2) is 0 Å². The SMILES string of the molecule is C#CCC(NC(=O)c1cc2c(OC)cccc2[nH]1)C(=O)NC(C[C@@H]1CCNC1=O)C(N)=O. The highest BCUT2D eigenvalue weighted by molar-refractivity contribution is 6.02. The average molecular weight is 439 g/mol. The molecule has 0 bridgehead atoms. The lowest BCUT2D eigenvalue weighted by atomic mass is 9.97. The molecule has 2 unspecified atom stereocenters. The Morgan fingerprint density at radius 1 is 1.31 bits per heavy atom. The van der Waals surface area contributed by atoms with Crippen LogP contribution in [0.4, 0.5) is 0 Å². The molecule has 0 radical (unpaired) electrons. The minimum Gasteiger partial charge on any atom is -0.496 e. The number of benzene rings is 1. The second kappa shape index (κ2) is 9.87. The first-order chi connectivity index (χ1) is 15.3. The van der Waals surface area contributed by atoms with Gasteiger partial charge in [0.05, 0.1) is 7.11 Å². The van der Waals surface area contributed by atoms with E-state index in [1.165, 1.54) is 7.11 Å². The fourth-order valence-corrected chi connectivity index (χ4v) is 3.66. The number of nitrogens with two attached hydrogens (primary N) is 1. The zero-order valence-corrected chi connectivity index (χ0v) is 17.6. The van der Waals surface area contributed by atoms with E-state index in [2.05, 4.69) is 26.9 Å². The minimum atomic E-state index is -1.10. The van der Waals surface area contributed by atoms with Crippen molar-refractivity contribution in [2.45, 2.75) is 31.3 Å². The number of methoxy groups -OCH3 is 1. The first kappa shape index (κ1) is 22.7. The lowest BCUT2D eigenvalue weighted by molar-refractivity contribution is -0.129. The summed E-state index contributed by atoms with van der Waals surface area (Å²) in [5, 5.41) is 8.48. The highest BCUT2D eigenvalue weighted by Crippen LogP contribution is 2.26. The number of terminal acetylenes is 1. The first-order valence-corrected chi connectivity index (χ1v) is 10.1. The van der Waals surface area contributed by atoms with Crippen molar-refractivity contribution in [3.05, 3.63) is 30.0 Å². The summed E-state index contributed by atoms with van der Waals surface area (Å²) in [6.45, 7) is 0.508. The van der Waals surface area contributed by atoms with Crippen molar-refractivity contribution in [1.29, 1.82) is 0 Å². The van der Waals surface area contributed by atoms with Crippen LogP contribution in [0.5, 0.6) is 5.75 Å². The number of H-pyrrole nitrogens is 1. The average Bonchev–Trinajstić information content (AvgIpc) is 3.38. The van der Waals surface area contributed by atoms with Crippen molar-refractivity contribution in [1.82, 2.24) is 20.9 Å². The second-order valence-corrected chi connectivity index (χ2v) is 7.51. The monoisotopic (exact) mass is 439 g/mol. The number of aromatic nitrogens is 1. The van der Waals surface area contributed by atoms with Gasteiger partial charge in [-0.15, -0.1) is 12.3 Å². The second-order valence-electron chi connectivity index (χ2n) is 7.51. The van der Waals surface area contributed by atoms with E-state index < -0.39 is 35.7 Å². The van der Waals surface area contributed by atoms with Crippen molar-refractivity contribution in [2.75, 3.05) is 13.7 Å². The van der Waals surface area contributed by atoms with Crippen molar-refractivity contribution in [3.8, 4) is 18.1 Å². The molecule has 168 valence electrons. The summed E-state index contributed by atoms with van der Waals surface area (Å²) in [6.07, 6.45) is 5.89. The van der Waals surface area contributed by atoms with Crippen LogP contribution in [0.2, 0.25) is 0 Å². The van der Waals surface area contributed by atoms with Crippen molar-refractivity contribution in [3.63, 3.8) is 0 Å². The van der Waals surface area contributed by atoms with Gasteiger partial charge in [0.25, 0.3) is 5.91 Å². The van der Waals surface area contributed by atoms with Crippen LogP contribution in [-0.4, -0.2) is 54.4 Å². The number of nitrogens with one attached hydrogen (secondary N) is 4. The van der Waals surface area contributed by atoms with Gasteiger partial charge in [0.1, 0.15) is 23.5 Å². The fraction of sp³-hybridized carbons (Fsp3) is 0.364. The molecule has 1 aromatic heterocycles. The number of carbonyl (C=O) groups is 4. The van der Waals surface area contributed by atoms with Crippen LogP contribution >= 0.6 is 0 Å². The molecular formula is C22H25N5O5. The van der Waals surface area contributed by atoms with Crippen molar-refractivity contribution in [2.24, 2.45) is 11.7 Å². The molecule has 1 aliphatic rings. The maximum Gasteiger partial charge on any atom is 0.268 e. The van der Waals surface area contributed by atoms with E-state index >= 15 is 0 Å². The number of rotatable bonds is 9. The zero-order chi connectivity index (χ0) is 23.3. The van der Waals surface area contributed by atoms with E-state index in [9.17, 15) is 19.2 Å². The molecule has 1 saturated heterocycles. The Hall–Kier alpha value is -4.00. The standard InChI is InChI=1S/C22H25N5O5/c1-3-5-15(21(30)27-16(19(23)28)10-12-8-9-24-20(12)29)26-22(31)17-11-13-14(25-17)6-4-7-18(13)32-2/h1,4,6-7,11-12,15-16,25H,5,8-10H2,2H3,(H2,23,28)(H,24,29)(H,26,31)(H,27,30)/t12-,15?,16?/m0/s1. The molecule has 6 N–H and O–H groups in total. The van der Waals surface area contributed by atoms with Crippen LogP contribution in [0.25, 0.3) is 10.9 Å². The third-order valence-corrected chi connectivity index (χ3v) is 5.38. The summed E-state index contributed by atoms with van der Waals surface area (Å²) in [6, 6.07) is 4.78. The molecule has 0 aliphatic carbocycles. The van der Waals surface area contributed by atoms with Crippen LogP contribution in [0.3, 0.4) is 0 Å². The Labute approximate surface area is 184 Å². The molecule has 10 nitrogen and oxygen atoms in total. The minimum absolute atomic E-state index is 0.0748. The number of hydrogen-bond acceptors (Lipinski definition) is 5. The molecule has 10 heteroatoms. The summed E-state index contributed by atoms with van der Waals surface area (Å²) in [5.74, 6) is 0.349. The lowest BCUT2D eigenvalue weighted by Crippen LogP contribution is -2.53. The van der Waals surface area contributed by atoms with Crippen LogP contribution in [0.1, 0.15) is 29.8 Å². The smallest absolute Gasteiger partial charge is 0.268 e. The number of hydrogen-bond donors (Lipinski definition) is 5. The molecule has 0 saturated carbocycles. The van der Waals surface area contributed by atoms with Crippen LogP contribution in [0, 0.1) is 18.3 Å². The molecular weight excluding hydrogens is 414 g/mol. The van der Waals surface area contributed by atoms with E-state index in [0.717, 1.165) is 0 Å². The summed E-state index contributed by atoms with van der Waals surface area (Å²) < 4.78 is 5.29. The van der Waals surface area contributed by atoms with Crippen LogP contribution in [-0.2, 0) is 14.4 Å². The third-order valence-electron chi connectivity index (χ3n) is 5.38. The molecule has 32 heavy (non-hydrogen) atoms. The van der Waals surface area contributed by atoms with E-state index in [1.54, 1.807) is 24.3 Å². The topological polar surface area (TPSA) is 155 Å². The Kier molecular flexibility index (Phi) is 7.00. The van der Waals surface area contributed by atoms with E-state index in [4.69, 9.17) is 16.9 Å². The number of amides is 4. The predicted octanol–water partition coefficient (Wildman–Crippen LogP) is -0.205. The molecule has 4 amide bonds. The van der Waals surface area contributed by atoms with Gasteiger partial charge < -0.3 is 31.4 Å². The van der Waals surface area contributed by atoms with Crippen molar-refractivity contribution < 1.29 is 23.9 Å². The number of aromatic amines is 1. The molecule has 1 aliphatic heterocycles. The van der Waals surface area contributed by atoms with E-state index in [0.29, 0.717) is 29.6 Å². The molecule has 3 atom stereocenters. The predicted molar refractivity (Wildman–Crippen MR) is 116 cm³/mol. The summed E-state index contributed by atoms with van der Waals surface area (Å²) in [4.78, 5) is 52.2. The van der Waals surface area contributed by atoms with Crippen LogP contribution in [0.15, 0.2) is 24.3 Å². The van der Waals surface area contributed by atoms with Gasteiger partial charge in [-0.05, 0) is 31.0 Å². The third kappa shape index (κ3) is 5.00. The quantitative estimate of drug-likeness (QED) is 0.342. The molecule has 3 rings (SSSR count). The van der Waals surface area contributed by atoms with Crippen LogP contribution < -0.4 is 26.4 Å². The molecule has 2 heterocycles. The number of ether oxygens (including phenoxy) is 1. The highest BCUT2D eigenvalue weighted by atomic mass is 16.5. The highest BCUT2D eigenvalue weighted by Gasteiger charge is 2.32. The van der Waals surface area contributed by atoms with Gasteiger partial charge in [0.15, 0.2) is 0 Å². The molecule has 0 spiro atoms. The van der Waals surface area contributed by atoms with Gasteiger partial charge in [-0.2, -0.15) is 0 Å². The Balaban J connectivity index is 1.71. The van der Waals surface area contributed by atoms with Crippen molar-refractivity contribution >= 4 is 34.5 Å². The fourth-order valence-electron chi connectivity index (χ4n) is 3.66. The van der Waals surface area contributed by atoms with Gasteiger partial charge in [0.2, 0.25) is 17.7 Å². The first-order valence-electron chi connectivity index (χ1n) is 10.1.